The van der Waals surface area contributed by atoms with E-state index in [0.717, 1.165) is 39.5 Å². The van der Waals surface area contributed by atoms with Crippen LogP contribution in [0, 0.1) is 12.7 Å². The summed E-state index contributed by atoms with van der Waals surface area (Å²) in [6.45, 7) is 4.73. The fourth-order valence-corrected chi connectivity index (χ4v) is 3.19. The van der Waals surface area contributed by atoms with Crippen molar-refractivity contribution in [3.8, 4) is 10.7 Å². The largest absolute Gasteiger partial charge is 0.397 e. The maximum absolute atomic E-state index is 13.4. The van der Waals surface area contributed by atoms with Crippen molar-refractivity contribution in [3.05, 3.63) is 35.0 Å². The number of thiophene rings is 1. The highest BCUT2D eigenvalue weighted by Crippen LogP contribution is 2.35. The van der Waals surface area contributed by atoms with E-state index in [1.165, 1.54) is 12.1 Å². The molecule has 0 atom stereocenters. The predicted molar refractivity (Wildman–Crippen MR) is 77.8 cm³/mol. The van der Waals surface area contributed by atoms with Gasteiger partial charge in [-0.15, -0.1) is 11.3 Å². The first kappa shape index (κ1) is 12.2. The number of aromatic nitrogens is 2. The van der Waals surface area contributed by atoms with Gasteiger partial charge in [-0.2, -0.15) is 0 Å². The van der Waals surface area contributed by atoms with E-state index in [1.54, 1.807) is 17.4 Å². The molecule has 0 saturated heterocycles. The first-order valence-electron chi connectivity index (χ1n) is 6.11. The molecule has 3 aromatic rings. The topological polar surface area (TPSA) is 43.8 Å². The number of rotatable bonds is 2. The Labute approximate surface area is 114 Å². The Morgan fingerprint density at radius 3 is 2.84 bits per heavy atom. The Morgan fingerprint density at radius 2 is 2.21 bits per heavy atom. The minimum absolute atomic E-state index is 0.246. The summed E-state index contributed by atoms with van der Waals surface area (Å²) in [5, 5.41) is 2.02. The van der Waals surface area contributed by atoms with E-state index >= 15 is 0 Å². The Kier molecular flexibility index (Phi) is 2.78. The van der Waals surface area contributed by atoms with E-state index in [-0.39, 0.29) is 5.82 Å². The van der Waals surface area contributed by atoms with Crippen LogP contribution in [0.5, 0.6) is 0 Å². The molecule has 2 heterocycles. The second-order valence-electron chi connectivity index (χ2n) is 4.47. The highest BCUT2D eigenvalue weighted by atomic mass is 32.1. The molecule has 19 heavy (non-hydrogen) atoms. The van der Waals surface area contributed by atoms with Gasteiger partial charge in [-0.1, -0.05) is 0 Å². The van der Waals surface area contributed by atoms with E-state index in [1.807, 2.05) is 23.8 Å². The van der Waals surface area contributed by atoms with Crippen LogP contribution in [0.25, 0.3) is 21.7 Å². The first-order chi connectivity index (χ1) is 9.11. The Morgan fingerprint density at radius 1 is 1.42 bits per heavy atom. The fraction of sp³-hybridized carbons (Fsp3) is 0.214. The van der Waals surface area contributed by atoms with Crippen LogP contribution in [0.1, 0.15) is 12.5 Å². The lowest BCUT2D eigenvalue weighted by Crippen LogP contribution is -1.98. The first-order valence-corrected chi connectivity index (χ1v) is 6.99. The van der Waals surface area contributed by atoms with Crippen molar-refractivity contribution in [2.24, 2.45) is 0 Å². The number of nitrogens with zero attached hydrogens (tertiary/aromatic N) is 2. The summed E-state index contributed by atoms with van der Waals surface area (Å²) in [5.74, 6) is 0.572. The molecular formula is C14H14FN3S. The van der Waals surface area contributed by atoms with Gasteiger partial charge in [0.1, 0.15) is 5.82 Å². The van der Waals surface area contributed by atoms with E-state index in [0.29, 0.717) is 0 Å². The van der Waals surface area contributed by atoms with Crippen molar-refractivity contribution >= 4 is 28.1 Å². The predicted octanol–water partition coefficient (Wildman–Crippen LogP) is 3.81. The molecule has 0 amide bonds. The second-order valence-corrected chi connectivity index (χ2v) is 5.35. The minimum atomic E-state index is -0.246. The zero-order valence-corrected chi connectivity index (χ0v) is 11.6. The highest BCUT2D eigenvalue weighted by molar-refractivity contribution is 7.14. The molecule has 2 N–H and O–H groups in total. The number of hydrogen-bond donors (Lipinski definition) is 1. The van der Waals surface area contributed by atoms with Crippen molar-refractivity contribution in [3.63, 3.8) is 0 Å². The molecule has 0 unspecified atom stereocenters. The molecule has 3 nitrogen and oxygen atoms in total. The molecule has 0 bridgehead atoms. The molecule has 0 spiro atoms. The molecule has 0 radical (unpaired) electrons. The second kappa shape index (κ2) is 4.35. The molecule has 0 aliphatic heterocycles. The molecule has 3 rings (SSSR count). The molecule has 5 heteroatoms. The monoisotopic (exact) mass is 275 g/mol. The molecule has 2 aromatic heterocycles. The van der Waals surface area contributed by atoms with E-state index < -0.39 is 0 Å². The smallest absolute Gasteiger partial charge is 0.153 e. The number of nitrogen functional groups attached to an aromatic ring is 1. The van der Waals surface area contributed by atoms with E-state index in [4.69, 9.17) is 5.73 Å². The number of imidazole rings is 1. The van der Waals surface area contributed by atoms with Gasteiger partial charge in [-0.25, -0.2) is 9.37 Å². The van der Waals surface area contributed by atoms with Crippen LogP contribution >= 0.6 is 11.3 Å². The molecule has 1 aromatic carbocycles. The van der Waals surface area contributed by atoms with Crippen molar-refractivity contribution in [1.82, 2.24) is 9.55 Å². The van der Waals surface area contributed by atoms with Crippen LogP contribution in [-0.2, 0) is 6.54 Å². The van der Waals surface area contributed by atoms with Gasteiger partial charge in [0.2, 0.25) is 0 Å². The molecule has 0 aliphatic rings. The summed E-state index contributed by atoms with van der Waals surface area (Å²) in [5.41, 5.74) is 9.51. The van der Waals surface area contributed by atoms with Gasteiger partial charge in [0.05, 0.1) is 21.6 Å². The number of benzene rings is 1. The van der Waals surface area contributed by atoms with Crippen LogP contribution in [0.15, 0.2) is 23.6 Å². The van der Waals surface area contributed by atoms with Crippen LogP contribution < -0.4 is 5.73 Å². The van der Waals surface area contributed by atoms with Crippen molar-refractivity contribution in [2.75, 3.05) is 5.73 Å². The fourth-order valence-electron chi connectivity index (χ4n) is 2.22. The molecule has 0 aliphatic carbocycles. The SMILES string of the molecule is CCn1c(-c2scc(C)c2N)nc2ccc(F)cc21. The number of halogens is 1. The van der Waals surface area contributed by atoms with Gasteiger partial charge < -0.3 is 10.3 Å². The van der Waals surface area contributed by atoms with Gasteiger partial charge in [-0.05, 0) is 43.0 Å². The summed E-state index contributed by atoms with van der Waals surface area (Å²) < 4.78 is 15.4. The normalized spacial score (nSPS) is 11.3. The maximum atomic E-state index is 13.4. The Bertz CT molecular complexity index is 757. The van der Waals surface area contributed by atoms with Crippen molar-refractivity contribution < 1.29 is 4.39 Å². The summed E-state index contributed by atoms with van der Waals surface area (Å²) in [4.78, 5) is 5.55. The number of hydrogen-bond acceptors (Lipinski definition) is 3. The number of aryl methyl sites for hydroxylation is 2. The summed E-state index contributed by atoms with van der Waals surface area (Å²) in [7, 11) is 0. The van der Waals surface area contributed by atoms with Gasteiger partial charge in [0, 0.05) is 6.54 Å². The minimum Gasteiger partial charge on any atom is -0.397 e. The lowest BCUT2D eigenvalue weighted by Gasteiger charge is -2.05. The third-order valence-corrected chi connectivity index (χ3v) is 4.36. The Balaban J connectivity index is 2.32. The molecule has 0 saturated carbocycles. The average Bonchev–Trinajstić information content (AvgIpc) is 2.90. The van der Waals surface area contributed by atoms with Crippen LogP contribution in [-0.4, -0.2) is 9.55 Å². The Hall–Kier alpha value is -1.88. The third kappa shape index (κ3) is 1.81. The lowest BCUT2D eigenvalue weighted by atomic mass is 10.3. The van der Waals surface area contributed by atoms with Crippen molar-refractivity contribution in [1.29, 1.82) is 0 Å². The van der Waals surface area contributed by atoms with Crippen LogP contribution in [0.2, 0.25) is 0 Å². The third-order valence-electron chi connectivity index (χ3n) is 3.25. The molecule has 98 valence electrons. The van der Waals surface area contributed by atoms with Gasteiger partial charge in [0.25, 0.3) is 0 Å². The quantitative estimate of drug-likeness (QED) is 0.772. The molecule has 0 fully saturated rings. The summed E-state index contributed by atoms with van der Waals surface area (Å²) in [6.07, 6.45) is 0. The number of nitrogens with two attached hydrogens (primary N) is 1. The highest BCUT2D eigenvalue weighted by Gasteiger charge is 2.16. The van der Waals surface area contributed by atoms with E-state index in [2.05, 4.69) is 4.98 Å². The number of fused-ring (bicyclic) bond motifs is 1. The van der Waals surface area contributed by atoms with Crippen molar-refractivity contribution in [2.45, 2.75) is 20.4 Å². The van der Waals surface area contributed by atoms with Gasteiger partial charge >= 0.3 is 0 Å². The summed E-state index contributed by atoms with van der Waals surface area (Å²) >= 11 is 1.58. The van der Waals surface area contributed by atoms with E-state index in [9.17, 15) is 4.39 Å². The number of anilines is 1. The summed E-state index contributed by atoms with van der Waals surface area (Å²) in [6, 6.07) is 4.66. The molecular weight excluding hydrogens is 261 g/mol. The zero-order chi connectivity index (χ0) is 13.6. The van der Waals surface area contributed by atoms with Crippen LogP contribution in [0.4, 0.5) is 10.1 Å². The average molecular weight is 275 g/mol. The standard InChI is InChI=1S/C14H14FN3S/c1-3-18-11-6-9(15)4-5-10(11)17-14(18)13-12(16)8(2)7-19-13/h4-7H,3,16H2,1-2H3. The lowest BCUT2D eigenvalue weighted by molar-refractivity contribution is 0.628. The van der Waals surface area contributed by atoms with Gasteiger partial charge in [0.15, 0.2) is 5.82 Å². The maximum Gasteiger partial charge on any atom is 0.153 e. The van der Waals surface area contributed by atoms with Crippen LogP contribution in [0.3, 0.4) is 0 Å². The zero-order valence-electron chi connectivity index (χ0n) is 10.8. The van der Waals surface area contributed by atoms with Gasteiger partial charge in [-0.3, -0.25) is 0 Å².